The summed E-state index contributed by atoms with van der Waals surface area (Å²) in [7, 11) is 0. The molecule has 1 aliphatic rings. The Hall–Kier alpha value is -1.09. The van der Waals surface area contributed by atoms with E-state index >= 15 is 0 Å². The summed E-state index contributed by atoms with van der Waals surface area (Å²) in [5.74, 6) is -0.152. The van der Waals surface area contributed by atoms with Crippen molar-refractivity contribution in [2.75, 3.05) is 13.1 Å². The highest BCUT2D eigenvalue weighted by Gasteiger charge is 2.18. The molecule has 3 heteroatoms. The van der Waals surface area contributed by atoms with Crippen LogP contribution in [0.1, 0.15) is 17.5 Å². The fraction of sp³-hybridized carbons (Fsp3) is 0.500. The van der Waals surface area contributed by atoms with Gasteiger partial charge >= 0.3 is 0 Å². The second kappa shape index (κ2) is 4.19. The van der Waals surface area contributed by atoms with Crippen LogP contribution < -0.4 is 5.32 Å². The van der Waals surface area contributed by atoms with Gasteiger partial charge in [0.1, 0.15) is 0 Å². The van der Waals surface area contributed by atoms with Crippen LogP contribution in [0.25, 0.3) is 0 Å². The number of aromatic hydroxyl groups is 1. The van der Waals surface area contributed by atoms with Gasteiger partial charge in [0.2, 0.25) is 0 Å². The van der Waals surface area contributed by atoms with Gasteiger partial charge in [-0.25, -0.2) is 4.39 Å². The van der Waals surface area contributed by atoms with E-state index in [9.17, 15) is 9.50 Å². The molecule has 1 atom stereocenters. The zero-order valence-corrected chi connectivity index (χ0v) is 8.89. The first kappa shape index (κ1) is 10.4. The number of aryl methyl sites for hydroxylation is 1. The molecule has 1 saturated heterocycles. The molecule has 2 rings (SSSR count). The molecule has 0 bridgehead atoms. The number of nitrogens with one attached hydrogen (secondary N) is 1. The van der Waals surface area contributed by atoms with Crippen molar-refractivity contribution in [1.82, 2.24) is 5.32 Å². The second-order valence-corrected chi connectivity index (χ2v) is 4.32. The number of hydrogen-bond acceptors (Lipinski definition) is 2. The third kappa shape index (κ3) is 2.29. The van der Waals surface area contributed by atoms with Crippen LogP contribution in [0.5, 0.6) is 5.75 Å². The van der Waals surface area contributed by atoms with Crippen LogP contribution in [0.2, 0.25) is 0 Å². The molecule has 2 nitrogen and oxygen atoms in total. The smallest absolute Gasteiger partial charge is 0.165 e. The van der Waals surface area contributed by atoms with Crippen LogP contribution in [0.15, 0.2) is 12.1 Å². The minimum Gasteiger partial charge on any atom is -0.505 e. The van der Waals surface area contributed by atoms with Crippen LogP contribution in [-0.2, 0) is 6.42 Å². The van der Waals surface area contributed by atoms with Gasteiger partial charge in [-0.3, -0.25) is 0 Å². The van der Waals surface area contributed by atoms with Gasteiger partial charge in [-0.05, 0) is 56.0 Å². The molecule has 2 N–H and O–H groups in total. The maximum atomic E-state index is 13.2. The molecule has 0 aliphatic carbocycles. The molecule has 1 heterocycles. The lowest BCUT2D eigenvalue weighted by atomic mass is 9.96. The van der Waals surface area contributed by atoms with E-state index in [1.54, 1.807) is 0 Å². The normalized spacial score (nSPS) is 20.8. The summed E-state index contributed by atoms with van der Waals surface area (Å²) in [6.45, 7) is 3.84. The van der Waals surface area contributed by atoms with Crippen molar-refractivity contribution in [3.05, 3.63) is 29.1 Å². The maximum absolute atomic E-state index is 13.2. The number of rotatable bonds is 2. The average molecular weight is 209 g/mol. The highest BCUT2D eigenvalue weighted by atomic mass is 19.1. The molecule has 1 aromatic carbocycles. The Bertz CT molecular complexity index is 359. The van der Waals surface area contributed by atoms with Gasteiger partial charge in [-0.2, -0.15) is 0 Å². The van der Waals surface area contributed by atoms with Crippen LogP contribution in [0, 0.1) is 18.7 Å². The van der Waals surface area contributed by atoms with Gasteiger partial charge in [-0.1, -0.05) is 6.07 Å². The summed E-state index contributed by atoms with van der Waals surface area (Å²) in [5.41, 5.74) is 1.60. The zero-order chi connectivity index (χ0) is 10.8. The van der Waals surface area contributed by atoms with Gasteiger partial charge in [-0.15, -0.1) is 0 Å². The molecule has 1 aromatic rings. The van der Waals surface area contributed by atoms with E-state index in [2.05, 4.69) is 5.32 Å². The van der Waals surface area contributed by atoms with Crippen LogP contribution in [0.3, 0.4) is 0 Å². The van der Waals surface area contributed by atoms with Crippen molar-refractivity contribution in [2.45, 2.75) is 19.8 Å². The van der Waals surface area contributed by atoms with Gasteiger partial charge in [0.25, 0.3) is 0 Å². The van der Waals surface area contributed by atoms with E-state index in [-0.39, 0.29) is 5.75 Å². The SMILES string of the molecule is Cc1cc(F)c(O)c(CC2CCNC2)c1. The standard InChI is InChI=1S/C12H16FNO/c1-8-4-10(12(15)11(13)5-8)6-9-2-3-14-7-9/h4-5,9,14-15H,2-3,6-7H2,1H3. The third-order valence-corrected chi connectivity index (χ3v) is 2.96. The summed E-state index contributed by atoms with van der Waals surface area (Å²) in [6.07, 6.45) is 1.87. The minimum absolute atomic E-state index is 0.174. The van der Waals surface area contributed by atoms with E-state index in [0.29, 0.717) is 5.92 Å². The minimum atomic E-state index is -0.504. The molecule has 1 unspecified atom stereocenters. The summed E-state index contributed by atoms with van der Waals surface area (Å²) in [6, 6.07) is 3.24. The lowest BCUT2D eigenvalue weighted by molar-refractivity contribution is 0.419. The average Bonchev–Trinajstić information content (AvgIpc) is 2.66. The maximum Gasteiger partial charge on any atom is 0.165 e. The molecule has 15 heavy (non-hydrogen) atoms. The first-order valence-electron chi connectivity index (χ1n) is 5.35. The van der Waals surface area contributed by atoms with Crippen molar-refractivity contribution >= 4 is 0 Å². The molecule has 0 amide bonds. The Balaban J connectivity index is 2.19. The number of hydrogen-bond donors (Lipinski definition) is 2. The van der Waals surface area contributed by atoms with E-state index < -0.39 is 5.82 Å². The Morgan fingerprint density at radius 1 is 1.53 bits per heavy atom. The van der Waals surface area contributed by atoms with Gasteiger partial charge in [0.05, 0.1) is 0 Å². The van der Waals surface area contributed by atoms with E-state index in [1.807, 2.05) is 13.0 Å². The molecule has 0 radical (unpaired) electrons. The van der Waals surface area contributed by atoms with E-state index in [1.165, 1.54) is 6.07 Å². The Morgan fingerprint density at radius 3 is 3.00 bits per heavy atom. The monoisotopic (exact) mass is 209 g/mol. The molecule has 1 fully saturated rings. The predicted molar refractivity (Wildman–Crippen MR) is 57.5 cm³/mol. The molecule has 0 aromatic heterocycles. The molecule has 1 aliphatic heterocycles. The summed E-state index contributed by atoms with van der Waals surface area (Å²) in [4.78, 5) is 0. The Labute approximate surface area is 89.1 Å². The Kier molecular flexibility index (Phi) is 2.91. The van der Waals surface area contributed by atoms with Crippen molar-refractivity contribution in [1.29, 1.82) is 0 Å². The predicted octanol–water partition coefficient (Wildman–Crippen LogP) is 1.99. The summed E-state index contributed by atoms with van der Waals surface area (Å²) >= 11 is 0. The first-order chi connectivity index (χ1) is 7.16. The second-order valence-electron chi connectivity index (χ2n) is 4.32. The highest BCUT2D eigenvalue weighted by molar-refractivity contribution is 5.37. The topological polar surface area (TPSA) is 32.3 Å². The number of benzene rings is 1. The number of phenols is 1. The van der Waals surface area contributed by atoms with E-state index in [0.717, 1.165) is 37.1 Å². The molecule has 0 saturated carbocycles. The van der Waals surface area contributed by atoms with Crippen molar-refractivity contribution in [3.63, 3.8) is 0 Å². The quantitative estimate of drug-likeness (QED) is 0.780. The summed E-state index contributed by atoms with van der Waals surface area (Å²) in [5, 5.41) is 12.9. The number of halogens is 1. The van der Waals surface area contributed by atoms with Crippen LogP contribution in [0.4, 0.5) is 4.39 Å². The van der Waals surface area contributed by atoms with E-state index in [4.69, 9.17) is 0 Å². The van der Waals surface area contributed by atoms with Gasteiger partial charge < -0.3 is 10.4 Å². The fourth-order valence-electron chi connectivity index (χ4n) is 2.16. The lowest BCUT2D eigenvalue weighted by Crippen LogP contribution is -2.11. The fourth-order valence-corrected chi connectivity index (χ4v) is 2.16. The van der Waals surface area contributed by atoms with Crippen molar-refractivity contribution in [2.24, 2.45) is 5.92 Å². The highest BCUT2D eigenvalue weighted by Crippen LogP contribution is 2.26. The van der Waals surface area contributed by atoms with Crippen LogP contribution >= 0.6 is 0 Å². The number of phenolic OH excluding ortho intramolecular Hbond substituents is 1. The van der Waals surface area contributed by atoms with Crippen LogP contribution in [-0.4, -0.2) is 18.2 Å². The zero-order valence-electron chi connectivity index (χ0n) is 8.89. The molecule has 82 valence electrons. The third-order valence-electron chi connectivity index (χ3n) is 2.96. The molecule has 0 spiro atoms. The van der Waals surface area contributed by atoms with Gasteiger partial charge in [0, 0.05) is 0 Å². The first-order valence-corrected chi connectivity index (χ1v) is 5.35. The molecular formula is C12H16FNO. The largest absolute Gasteiger partial charge is 0.505 e. The molecular weight excluding hydrogens is 193 g/mol. The lowest BCUT2D eigenvalue weighted by Gasteiger charge is -2.11. The summed E-state index contributed by atoms with van der Waals surface area (Å²) < 4.78 is 13.2. The Morgan fingerprint density at radius 2 is 2.33 bits per heavy atom. The van der Waals surface area contributed by atoms with Gasteiger partial charge in [0.15, 0.2) is 11.6 Å². The van der Waals surface area contributed by atoms with Crippen molar-refractivity contribution < 1.29 is 9.50 Å². The van der Waals surface area contributed by atoms with Crippen molar-refractivity contribution in [3.8, 4) is 5.75 Å².